The second-order valence-electron chi connectivity index (χ2n) is 7.35. The van der Waals surface area contributed by atoms with Crippen LogP contribution in [-0.2, 0) is 22.4 Å². The lowest BCUT2D eigenvalue weighted by molar-refractivity contribution is -0.119. The third kappa shape index (κ3) is 8.18. The molecular weight excluding hydrogens is 372 g/mol. The van der Waals surface area contributed by atoms with Crippen molar-refractivity contribution in [3.05, 3.63) is 83.9 Å². The van der Waals surface area contributed by atoms with Gasteiger partial charge in [-0.25, -0.2) is 0 Å². The van der Waals surface area contributed by atoms with E-state index in [1.165, 1.54) is 21.9 Å². The summed E-state index contributed by atoms with van der Waals surface area (Å²) in [5.41, 5.74) is 2.75. The molecule has 0 bridgehead atoms. The maximum absolute atomic E-state index is 11.2. The summed E-state index contributed by atoms with van der Waals surface area (Å²) in [7, 11) is 0. The average Bonchev–Trinajstić information content (AvgIpc) is 2.79. The van der Waals surface area contributed by atoms with Crippen LogP contribution in [0.4, 0.5) is 0 Å². The Labute approximate surface area is 181 Å². The molecule has 0 aliphatic rings. The van der Waals surface area contributed by atoms with Gasteiger partial charge in [0.2, 0.25) is 5.91 Å². The van der Waals surface area contributed by atoms with Gasteiger partial charge in [0, 0.05) is 28.0 Å². The Morgan fingerprint density at radius 1 is 0.833 bits per heavy atom. The molecule has 0 spiro atoms. The number of nitrogens with one attached hydrogen (secondary N) is 1. The van der Waals surface area contributed by atoms with Gasteiger partial charge in [0.1, 0.15) is 6.79 Å². The molecule has 0 unspecified atom stereocenters. The summed E-state index contributed by atoms with van der Waals surface area (Å²) in [6, 6.07) is 25.9. The number of carbonyl (C=O) groups is 2. The van der Waals surface area contributed by atoms with E-state index in [4.69, 9.17) is 4.79 Å². The molecule has 0 atom stereocenters. The number of amides is 1. The lowest BCUT2D eigenvalue weighted by Gasteiger charge is -2.22. The number of hydrogen-bond acceptors (Lipinski definition) is 3. The zero-order chi connectivity index (χ0) is 21.6. The second kappa shape index (κ2) is 13.3. The molecule has 0 aliphatic heterocycles. The minimum absolute atomic E-state index is 0. The van der Waals surface area contributed by atoms with Crippen molar-refractivity contribution in [1.82, 2.24) is 10.2 Å². The predicted molar refractivity (Wildman–Crippen MR) is 127 cm³/mol. The predicted octanol–water partition coefficient (Wildman–Crippen LogP) is 4.51. The van der Waals surface area contributed by atoms with Crippen LogP contribution in [0.5, 0.6) is 0 Å². The fraction of sp³-hybridized carbons (Fsp3) is 0.308. The number of nitrogens with zero attached hydrogens (tertiary/aromatic N) is 1. The van der Waals surface area contributed by atoms with Gasteiger partial charge in [0.05, 0.1) is 0 Å². The monoisotopic (exact) mass is 406 g/mol. The Morgan fingerprint density at radius 3 is 2.27 bits per heavy atom. The van der Waals surface area contributed by atoms with Crippen molar-refractivity contribution in [2.24, 2.45) is 0 Å². The number of carbonyl (C=O) groups excluding carboxylic acids is 2. The van der Waals surface area contributed by atoms with Gasteiger partial charge in [0.25, 0.3) is 0 Å². The number of hydrogen-bond donors (Lipinski definition) is 1. The third-order valence-corrected chi connectivity index (χ3v) is 5.12. The highest BCUT2D eigenvalue weighted by molar-refractivity contribution is 5.83. The highest BCUT2D eigenvalue weighted by Gasteiger charge is 2.07. The summed E-state index contributed by atoms with van der Waals surface area (Å²) in [5, 5.41) is 5.51. The fourth-order valence-electron chi connectivity index (χ4n) is 3.56. The highest BCUT2D eigenvalue weighted by Crippen LogP contribution is 2.16. The molecule has 30 heavy (non-hydrogen) atoms. The summed E-state index contributed by atoms with van der Waals surface area (Å²) < 4.78 is 0. The highest BCUT2D eigenvalue weighted by atomic mass is 16.1. The van der Waals surface area contributed by atoms with Gasteiger partial charge in [-0.3, -0.25) is 4.79 Å². The van der Waals surface area contributed by atoms with E-state index in [0.717, 1.165) is 38.9 Å². The van der Waals surface area contributed by atoms with E-state index < -0.39 is 0 Å². The van der Waals surface area contributed by atoms with E-state index in [1.807, 2.05) is 6.79 Å². The first-order chi connectivity index (χ1) is 14.7. The third-order valence-electron chi connectivity index (χ3n) is 5.12. The SMILES string of the molecule is C=O.CC(=O)NCCN(CCCc1ccccc1)CCc1ccc2ccccc2c1.[HH]. The lowest BCUT2D eigenvalue weighted by atomic mass is 10.0. The van der Waals surface area contributed by atoms with E-state index in [0.29, 0.717) is 6.54 Å². The Kier molecular flexibility index (Phi) is 10.3. The van der Waals surface area contributed by atoms with Crippen LogP contribution in [0.25, 0.3) is 10.8 Å². The maximum Gasteiger partial charge on any atom is 0.216 e. The lowest BCUT2D eigenvalue weighted by Crippen LogP contribution is -2.36. The van der Waals surface area contributed by atoms with Crippen LogP contribution in [0.15, 0.2) is 72.8 Å². The summed E-state index contributed by atoms with van der Waals surface area (Å²) in [5.74, 6) is 0.0405. The number of benzene rings is 3. The van der Waals surface area contributed by atoms with Gasteiger partial charge in [0.15, 0.2) is 0 Å². The molecule has 4 nitrogen and oxygen atoms in total. The first kappa shape index (κ1) is 23.3. The molecule has 3 rings (SSSR count). The van der Waals surface area contributed by atoms with Crippen molar-refractivity contribution in [3.63, 3.8) is 0 Å². The summed E-state index contributed by atoms with van der Waals surface area (Å²) in [4.78, 5) is 21.7. The van der Waals surface area contributed by atoms with E-state index in [2.05, 4.69) is 83.0 Å². The number of aryl methyl sites for hydroxylation is 1. The van der Waals surface area contributed by atoms with Crippen LogP contribution in [0.1, 0.15) is 25.9 Å². The van der Waals surface area contributed by atoms with Gasteiger partial charge in [-0.15, -0.1) is 0 Å². The van der Waals surface area contributed by atoms with Crippen LogP contribution in [-0.4, -0.2) is 43.8 Å². The Morgan fingerprint density at radius 2 is 1.53 bits per heavy atom. The topological polar surface area (TPSA) is 49.4 Å². The first-order valence-corrected chi connectivity index (χ1v) is 10.5. The molecule has 0 radical (unpaired) electrons. The Hall–Kier alpha value is -2.98. The van der Waals surface area contributed by atoms with Gasteiger partial charge in [-0.1, -0.05) is 72.8 Å². The Balaban J connectivity index is 0.00000156. The van der Waals surface area contributed by atoms with Crippen molar-refractivity contribution in [2.75, 3.05) is 26.2 Å². The molecule has 160 valence electrons. The maximum atomic E-state index is 11.2. The molecule has 0 heterocycles. The minimum Gasteiger partial charge on any atom is -0.355 e. The molecule has 0 aliphatic carbocycles. The average molecular weight is 407 g/mol. The summed E-state index contributed by atoms with van der Waals surface area (Å²) in [6.07, 6.45) is 3.24. The largest absolute Gasteiger partial charge is 0.355 e. The minimum atomic E-state index is 0. The van der Waals surface area contributed by atoms with E-state index in [1.54, 1.807) is 6.92 Å². The Bertz CT molecular complexity index is 902. The van der Waals surface area contributed by atoms with E-state index in [-0.39, 0.29) is 7.33 Å². The van der Waals surface area contributed by atoms with Gasteiger partial charge in [-0.05, 0) is 47.7 Å². The molecule has 0 fully saturated rings. The van der Waals surface area contributed by atoms with Gasteiger partial charge in [-0.2, -0.15) is 0 Å². The second-order valence-corrected chi connectivity index (χ2v) is 7.35. The molecule has 1 amide bonds. The normalized spacial score (nSPS) is 10.5. The number of rotatable bonds is 10. The standard InChI is InChI=1S/C25H30N2O.CH2O.H2/c1-21(28)26-16-19-27(17-7-10-22-8-3-2-4-9-22)18-15-23-13-14-24-11-5-6-12-25(24)20-23;1-2;/h2-6,8-9,11-14,20H,7,10,15-19H2,1H3,(H,26,28);1H2;1H. The van der Waals surface area contributed by atoms with Crippen LogP contribution in [0.3, 0.4) is 0 Å². The number of fused-ring (bicyclic) bond motifs is 1. The molecule has 0 saturated heterocycles. The molecular formula is C26H34N2O2. The van der Waals surface area contributed by atoms with Crippen molar-refractivity contribution >= 4 is 23.5 Å². The molecule has 4 heteroatoms. The van der Waals surface area contributed by atoms with Gasteiger partial charge >= 0.3 is 0 Å². The first-order valence-electron chi connectivity index (χ1n) is 10.5. The zero-order valence-electron chi connectivity index (χ0n) is 17.8. The zero-order valence-corrected chi connectivity index (χ0v) is 17.8. The van der Waals surface area contributed by atoms with Crippen molar-refractivity contribution in [1.29, 1.82) is 0 Å². The molecule has 3 aromatic carbocycles. The van der Waals surface area contributed by atoms with Crippen molar-refractivity contribution in [2.45, 2.75) is 26.2 Å². The summed E-state index contributed by atoms with van der Waals surface area (Å²) >= 11 is 0. The molecule has 3 aromatic rings. The van der Waals surface area contributed by atoms with Crippen molar-refractivity contribution < 1.29 is 11.0 Å². The fourth-order valence-corrected chi connectivity index (χ4v) is 3.56. The van der Waals surface area contributed by atoms with Crippen molar-refractivity contribution in [3.8, 4) is 0 Å². The van der Waals surface area contributed by atoms with E-state index in [9.17, 15) is 4.79 Å². The van der Waals surface area contributed by atoms with Crippen LogP contribution < -0.4 is 5.32 Å². The molecule has 0 saturated carbocycles. The molecule has 0 aromatic heterocycles. The van der Waals surface area contributed by atoms with Crippen LogP contribution in [0, 0.1) is 0 Å². The van der Waals surface area contributed by atoms with Crippen LogP contribution in [0.2, 0.25) is 0 Å². The van der Waals surface area contributed by atoms with Gasteiger partial charge < -0.3 is 15.0 Å². The summed E-state index contributed by atoms with van der Waals surface area (Å²) in [6.45, 7) is 7.23. The van der Waals surface area contributed by atoms with E-state index >= 15 is 0 Å². The van der Waals surface area contributed by atoms with Crippen LogP contribution >= 0.6 is 0 Å². The molecule has 1 N–H and O–H groups in total. The smallest absolute Gasteiger partial charge is 0.216 e. The quantitative estimate of drug-likeness (QED) is 0.539.